The molecule has 0 fully saturated rings. The molecular formula is C41H33NO. The SMILES string of the molecule is O=C(c1ccccc1)c1cc2ccc1CCc1ccc(cc1-c1ccc(N(c3ccccc3)c3ccccc3)cc1)CC2. The Morgan fingerprint density at radius 3 is 1.60 bits per heavy atom. The summed E-state index contributed by atoms with van der Waals surface area (Å²) in [6.45, 7) is 0. The van der Waals surface area contributed by atoms with Gasteiger partial charge < -0.3 is 4.90 Å². The van der Waals surface area contributed by atoms with Gasteiger partial charge in [-0.25, -0.2) is 0 Å². The summed E-state index contributed by atoms with van der Waals surface area (Å²) in [5, 5.41) is 0. The number of aryl methyl sites for hydroxylation is 4. The maximum atomic E-state index is 13.6. The highest BCUT2D eigenvalue weighted by Crippen LogP contribution is 2.36. The molecular weight excluding hydrogens is 522 g/mol. The van der Waals surface area contributed by atoms with E-state index < -0.39 is 0 Å². The van der Waals surface area contributed by atoms with E-state index in [9.17, 15) is 4.79 Å². The molecule has 2 heteroatoms. The van der Waals surface area contributed by atoms with Crippen molar-refractivity contribution < 1.29 is 4.79 Å². The molecule has 0 atom stereocenters. The first-order valence-electron chi connectivity index (χ1n) is 15.1. The van der Waals surface area contributed by atoms with Gasteiger partial charge in [-0.1, -0.05) is 109 Å². The minimum Gasteiger partial charge on any atom is -0.311 e. The largest absolute Gasteiger partial charge is 0.311 e. The number of ketones is 1. The monoisotopic (exact) mass is 555 g/mol. The van der Waals surface area contributed by atoms with E-state index in [0.29, 0.717) is 0 Å². The van der Waals surface area contributed by atoms with Gasteiger partial charge in [-0.15, -0.1) is 0 Å². The average Bonchev–Trinajstić information content (AvgIpc) is 3.07. The molecule has 0 radical (unpaired) electrons. The van der Waals surface area contributed by atoms with Crippen molar-refractivity contribution in [2.75, 3.05) is 4.90 Å². The van der Waals surface area contributed by atoms with E-state index in [1.165, 1.54) is 27.8 Å². The van der Waals surface area contributed by atoms with Crippen LogP contribution < -0.4 is 4.90 Å². The third-order valence-corrected chi connectivity index (χ3v) is 8.46. The van der Waals surface area contributed by atoms with Gasteiger partial charge in [-0.05, 0) is 102 Å². The van der Waals surface area contributed by atoms with Crippen molar-refractivity contribution >= 4 is 22.8 Å². The molecule has 4 bridgehead atoms. The van der Waals surface area contributed by atoms with Crippen molar-refractivity contribution in [2.24, 2.45) is 0 Å². The Hall–Kier alpha value is -5.21. The van der Waals surface area contributed by atoms with Gasteiger partial charge in [-0.2, -0.15) is 0 Å². The smallest absolute Gasteiger partial charge is 0.193 e. The lowest BCUT2D eigenvalue weighted by Gasteiger charge is -2.25. The molecule has 6 aromatic rings. The summed E-state index contributed by atoms with van der Waals surface area (Å²) in [5.41, 5.74) is 12.4. The Morgan fingerprint density at radius 1 is 0.465 bits per heavy atom. The second kappa shape index (κ2) is 12.0. The molecule has 0 N–H and O–H groups in total. The number of para-hydroxylation sites is 2. The fourth-order valence-electron chi connectivity index (χ4n) is 6.17. The van der Waals surface area contributed by atoms with E-state index in [4.69, 9.17) is 0 Å². The molecule has 0 amide bonds. The van der Waals surface area contributed by atoms with Gasteiger partial charge >= 0.3 is 0 Å². The van der Waals surface area contributed by atoms with Crippen LogP contribution in [-0.4, -0.2) is 5.78 Å². The maximum absolute atomic E-state index is 13.6. The van der Waals surface area contributed by atoms with Crippen LogP contribution in [0.2, 0.25) is 0 Å². The van der Waals surface area contributed by atoms with Crippen molar-refractivity contribution in [3.8, 4) is 11.1 Å². The number of carbonyl (C=O) groups excluding carboxylic acids is 1. The standard InChI is InChI=1S/C41H33NO/c43-41(35-10-4-1-5-11-35)40-29-31-17-16-30-18-20-32(22-23-34(40)21-19-31)39(28-30)33-24-26-38(27-25-33)42(36-12-6-2-7-13-36)37-14-8-3-9-15-37/h1-15,18-21,24-29H,16-17,22-23H2. The van der Waals surface area contributed by atoms with E-state index in [1.54, 1.807) is 0 Å². The van der Waals surface area contributed by atoms with Crippen LogP contribution in [0, 0.1) is 0 Å². The van der Waals surface area contributed by atoms with Gasteiger partial charge in [0.15, 0.2) is 5.78 Å². The zero-order valence-corrected chi connectivity index (χ0v) is 24.1. The van der Waals surface area contributed by atoms with Crippen LogP contribution in [0.15, 0.2) is 152 Å². The number of carbonyl (C=O) groups is 1. The molecule has 0 heterocycles. The van der Waals surface area contributed by atoms with Crippen LogP contribution in [0.5, 0.6) is 0 Å². The summed E-state index contributed by atoms with van der Waals surface area (Å²) in [6.07, 6.45) is 3.51. The molecule has 0 unspecified atom stereocenters. The lowest BCUT2D eigenvalue weighted by molar-refractivity contribution is 0.103. The number of benzene rings is 6. The van der Waals surface area contributed by atoms with E-state index >= 15 is 0 Å². The highest BCUT2D eigenvalue weighted by Gasteiger charge is 2.18. The number of nitrogens with zero attached hydrogens (tertiary/aromatic N) is 1. The van der Waals surface area contributed by atoms with Crippen molar-refractivity contribution in [3.05, 3.63) is 185 Å². The van der Waals surface area contributed by atoms with E-state index in [0.717, 1.165) is 59.4 Å². The van der Waals surface area contributed by atoms with Crippen LogP contribution in [0.3, 0.4) is 0 Å². The first-order chi connectivity index (χ1) is 21.2. The van der Waals surface area contributed by atoms with Crippen LogP contribution in [0.25, 0.3) is 11.1 Å². The molecule has 0 saturated carbocycles. The fourth-order valence-corrected chi connectivity index (χ4v) is 6.17. The summed E-state index contributed by atoms with van der Waals surface area (Å²) >= 11 is 0. The minimum atomic E-state index is 0.112. The number of hydrogen-bond acceptors (Lipinski definition) is 2. The Balaban J connectivity index is 1.23. The Kier molecular flexibility index (Phi) is 7.41. The van der Waals surface area contributed by atoms with E-state index in [2.05, 4.69) is 126 Å². The summed E-state index contributed by atoms with van der Waals surface area (Å²) < 4.78 is 0. The van der Waals surface area contributed by atoms with Crippen molar-refractivity contribution in [1.82, 2.24) is 0 Å². The molecule has 4 aliphatic rings. The molecule has 2 nitrogen and oxygen atoms in total. The predicted molar refractivity (Wildman–Crippen MR) is 178 cm³/mol. The molecule has 4 aliphatic carbocycles. The molecule has 6 aromatic carbocycles. The van der Waals surface area contributed by atoms with Gasteiger partial charge in [0.05, 0.1) is 0 Å². The summed E-state index contributed by atoms with van der Waals surface area (Å²) in [7, 11) is 0. The van der Waals surface area contributed by atoms with E-state index in [-0.39, 0.29) is 5.78 Å². The van der Waals surface area contributed by atoms with Gasteiger partial charge in [0.2, 0.25) is 0 Å². The molecule has 43 heavy (non-hydrogen) atoms. The molecule has 10 rings (SSSR count). The Labute approximate surface area is 253 Å². The number of rotatable bonds is 6. The topological polar surface area (TPSA) is 20.3 Å². The van der Waals surface area contributed by atoms with Gasteiger partial charge in [0.25, 0.3) is 0 Å². The summed E-state index contributed by atoms with van der Waals surface area (Å²) in [4.78, 5) is 15.9. The highest BCUT2D eigenvalue weighted by atomic mass is 16.1. The molecule has 0 aromatic heterocycles. The summed E-state index contributed by atoms with van der Waals surface area (Å²) in [6, 6.07) is 53.1. The number of anilines is 3. The highest BCUT2D eigenvalue weighted by molar-refractivity contribution is 6.10. The van der Waals surface area contributed by atoms with Crippen molar-refractivity contribution in [1.29, 1.82) is 0 Å². The second-order valence-corrected chi connectivity index (χ2v) is 11.2. The Bertz CT molecular complexity index is 1820. The third kappa shape index (κ3) is 5.65. The lowest BCUT2D eigenvalue weighted by atomic mass is 9.87. The first-order valence-corrected chi connectivity index (χ1v) is 15.1. The van der Waals surface area contributed by atoms with Crippen molar-refractivity contribution in [2.45, 2.75) is 25.7 Å². The van der Waals surface area contributed by atoms with Crippen LogP contribution in [-0.2, 0) is 25.7 Å². The predicted octanol–water partition coefficient (Wildman–Crippen LogP) is 9.94. The second-order valence-electron chi connectivity index (χ2n) is 11.2. The zero-order valence-electron chi connectivity index (χ0n) is 24.1. The van der Waals surface area contributed by atoms with Gasteiger partial charge in [-0.3, -0.25) is 4.79 Å². The summed E-state index contributed by atoms with van der Waals surface area (Å²) in [5.74, 6) is 0.112. The maximum Gasteiger partial charge on any atom is 0.193 e. The van der Waals surface area contributed by atoms with E-state index in [1.807, 2.05) is 30.3 Å². The molecule has 0 spiro atoms. The molecule has 208 valence electrons. The third-order valence-electron chi connectivity index (χ3n) is 8.46. The normalized spacial score (nSPS) is 12.4. The quantitative estimate of drug-likeness (QED) is 0.191. The van der Waals surface area contributed by atoms with Gasteiger partial charge in [0, 0.05) is 28.2 Å². The lowest BCUT2D eigenvalue weighted by Crippen LogP contribution is -2.10. The zero-order chi connectivity index (χ0) is 29.0. The Morgan fingerprint density at radius 2 is 0.977 bits per heavy atom. The molecule has 0 aliphatic heterocycles. The van der Waals surface area contributed by atoms with Crippen LogP contribution in [0.1, 0.15) is 38.2 Å². The van der Waals surface area contributed by atoms with Crippen LogP contribution >= 0.6 is 0 Å². The molecule has 0 saturated heterocycles. The first kappa shape index (κ1) is 26.7. The van der Waals surface area contributed by atoms with Crippen LogP contribution in [0.4, 0.5) is 17.1 Å². The van der Waals surface area contributed by atoms with Gasteiger partial charge in [0.1, 0.15) is 0 Å². The average molecular weight is 556 g/mol. The van der Waals surface area contributed by atoms with Crippen molar-refractivity contribution in [3.63, 3.8) is 0 Å². The fraction of sp³-hybridized carbons (Fsp3) is 0.0976. The minimum absolute atomic E-state index is 0.112. The number of hydrogen-bond donors (Lipinski definition) is 0.